The summed E-state index contributed by atoms with van der Waals surface area (Å²) in [6, 6.07) is 13.2. The van der Waals surface area contributed by atoms with Crippen molar-refractivity contribution in [2.45, 2.75) is 4.90 Å². The number of amides is 1. The van der Waals surface area contributed by atoms with Crippen LogP contribution in [0.2, 0.25) is 0 Å². The lowest BCUT2D eigenvalue weighted by Crippen LogP contribution is -2.50. The van der Waals surface area contributed by atoms with Crippen LogP contribution >= 0.6 is 15.9 Å². The quantitative estimate of drug-likeness (QED) is 0.364. The second-order valence-electron chi connectivity index (χ2n) is 7.15. The Balaban J connectivity index is 1.48. The summed E-state index contributed by atoms with van der Waals surface area (Å²) in [5.74, 6) is -1.11. The Morgan fingerprint density at radius 3 is 2.42 bits per heavy atom. The second-order valence-corrected chi connectivity index (χ2v) is 10.0. The molecule has 12 heteroatoms. The topological polar surface area (TPSA) is 129 Å². The highest BCUT2D eigenvalue weighted by Gasteiger charge is 2.28. The van der Waals surface area contributed by atoms with Crippen molar-refractivity contribution >= 4 is 44.0 Å². The van der Waals surface area contributed by atoms with Crippen LogP contribution < -0.4 is 10.2 Å². The molecule has 1 heterocycles. The van der Waals surface area contributed by atoms with Gasteiger partial charge in [0.2, 0.25) is 10.0 Å². The molecule has 0 unspecified atom stereocenters. The van der Waals surface area contributed by atoms with E-state index in [-0.39, 0.29) is 30.4 Å². The molecular formula is C21H23BrN4O6S. The van der Waals surface area contributed by atoms with Gasteiger partial charge in [-0.3, -0.25) is 9.69 Å². The molecule has 176 valence electrons. The van der Waals surface area contributed by atoms with E-state index in [1.54, 1.807) is 48.5 Å². The van der Waals surface area contributed by atoms with Crippen LogP contribution in [0.1, 0.15) is 5.56 Å². The molecule has 0 bridgehead atoms. The molecular weight excluding hydrogens is 516 g/mol. The van der Waals surface area contributed by atoms with E-state index in [0.29, 0.717) is 24.4 Å². The van der Waals surface area contributed by atoms with E-state index in [1.807, 2.05) is 4.90 Å². The largest absolute Gasteiger partial charge is 0.481 e. The van der Waals surface area contributed by atoms with Crippen LogP contribution in [0.4, 0.5) is 0 Å². The Kier molecular flexibility index (Phi) is 8.55. The number of carboxylic acids is 1. The summed E-state index contributed by atoms with van der Waals surface area (Å²) in [5, 5.41) is 12.6. The van der Waals surface area contributed by atoms with Crippen LogP contribution in [-0.4, -0.2) is 80.2 Å². The minimum Gasteiger partial charge on any atom is -0.481 e. The number of hydrazone groups is 1. The first-order valence-electron chi connectivity index (χ1n) is 9.99. The third-order valence-electron chi connectivity index (χ3n) is 4.81. The zero-order chi connectivity index (χ0) is 23.8. The fraction of sp³-hybridized carbons (Fsp3) is 0.286. The van der Waals surface area contributed by atoms with E-state index < -0.39 is 22.6 Å². The molecule has 10 nitrogen and oxygen atoms in total. The zero-order valence-corrected chi connectivity index (χ0v) is 20.0. The van der Waals surface area contributed by atoms with E-state index in [9.17, 15) is 18.0 Å². The maximum absolute atomic E-state index is 12.8. The molecule has 1 amide bonds. The van der Waals surface area contributed by atoms with Gasteiger partial charge in [-0.15, -0.1) is 0 Å². The molecule has 2 N–H and O–H groups in total. The number of rotatable bonds is 9. The number of carbonyl (C=O) groups excluding carboxylic acids is 1. The molecule has 0 saturated carbocycles. The lowest BCUT2D eigenvalue weighted by atomic mass is 10.2. The number of sulfonamides is 1. The molecule has 33 heavy (non-hydrogen) atoms. The number of para-hydroxylation sites is 1. The fourth-order valence-corrected chi connectivity index (χ4v) is 4.84. The van der Waals surface area contributed by atoms with E-state index >= 15 is 0 Å². The first-order chi connectivity index (χ1) is 15.8. The Morgan fingerprint density at radius 1 is 1.09 bits per heavy atom. The number of piperazine rings is 1. The molecule has 1 fully saturated rings. The van der Waals surface area contributed by atoms with Gasteiger partial charge in [0.25, 0.3) is 5.91 Å². The number of nitrogens with zero attached hydrogens (tertiary/aromatic N) is 3. The summed E-state index contributed by atoms with van der Waals surface area (Å²) in [6.45, 7) is 0.978. The van der Waals surface area contributed by atoms with Crippen LogP contribution in [-0.2, 0) is 19.6 Å². The normalized spacial score (nSPS) is 15.4. The molecule has 0 radical (unpaired) electrons. The number of hydrogen-bond acceptors (Lipinski definition) is 7. The number of aliphatic carboxylic acids is 1. The minimum atomic E-state index is -3.58. The summed E-state index contributed by atoms with van der Waals surface area (Å²) in [6.07, 6.45) is 1.37. The van der Waals surface area contributed by atoms with Crippen molar-refractivity contribution in [2.24, 2.45) is 5.10 Å². The monoisotopic (exact) mass is 538 g/mol. The highest BCUT2D eigenvalue weighted by molar-refractivity contribution is 9.10. The van der Waals surface area contributed by atoms with Crippen molar-refractivity contribution < 1.29 is 27.9 Å². The smallest absolute Gasteiger partial charge is 0.341 e. The number of carboxylic acid groups (broad SMARTS) is 1. The molecule has 2 aromatic carbocycles. The van der Waals surface area contributed by atoms with Gasteiger partial charge in [0.05, 0.1) is 17.7 Å². The SMILES string of the molecule is O=C(O)COc1ccccc1/C=N/NC(=O)CN1CCN(S(=O)(=O)c2ccc(Br)cc2)CC1. The summed E-state index contributed by atoms with van der Waals surface area (Å²) in [7, 11) is -3.58. The van der Waals surface area contributed by atoms with Crippen LogP contribution in [0.15, 0.2) is 63.0 Å². The van der Waals surface area contributed by atoms with Gasteiger partial charge in [-0.1, -0.05) is 28.1 Å². The highest BCUT2D eigenvalue weighted by atomic mass is 79.9. The van der Waals surface area contributed by atoms with Crippen molar-refractivity contribution in [1.82, 2.24) is 14.6 Å². The zero-order valence-electron chi connectivity index (χ0n) is 17.6. The summed E-state index contributed by atoms with van der Waals surface area (Å²) < 4.78 is 32.9. The lowest BCUT2D eigenvalue weighted by Gasteiger charge is -2.33. The second kappa shape index (κ2) is 11.4. The standard InChI is InChI=1S/C21H23BrN4O6S/c22-17-5-7-18(8-6-17)33(30,31)26-11-9-25(10-12-26)14-20(27)24-23-13-16-3-1-2-4-19(16)32-15-21(28)29/h1-8,13H,9-12,14-15H2,(H,24,27)(H,28,29)/b23-13+. The number of hydrogen-bond donors (Lipinski definition) is 2. The van der Waals surface area contributed by atoms with Gasteiger partial charge in [0, 0.05) is 36.2 Å². The first-order valence-corrected chi connectivity index (χ1v) is 12.2. The average Bonchev–Trinajstić information content (AvgIpc) is 2.79. The lowest BCUT2D eigenvalue weighted by molar-refractivity contribution is -0.139. The fourth-order valence-electron chi connectivity index (χ4n) is 3.15. The van der Waals surface area contributed by atoms with Gasteiger partial charge in [0.15, 0.2) is 6.61 Å². The number of ether oxygens (including phenoxy) is 1. The van der Waals surface area contributed by atoms with Crippen molar-refractivity contribution in [3.63, 3.8) is 0 Å². The first kappa shape index (κ1) is 24.8. The molecule has 0 atom stereocenters. The molecule has 0 spiro atoms. The summed E-state index contributed by atoms with van der Waals surface area (Å²) in [5.41, 5.74) is 2.94. The van der Waals surface area contributed by atoms with Gasteiger partial charge in [-0.25, -0.2) is 18.6 Å². The molecule has 1 aliphatic heterocycles. The minimum absolute atomic E-state index is 0.0701. The summed E-state index contributed by atoms with van der Waals surface area (Å²) >= 11 is 3.30. The van der Waals surface area contributed by atoms with Gasteiger partial charge < -0.3 is 9.84 Å². The van der Waals surface area contributed by atoms with E-state index in [4.69, 9.17) is 9.84 Å². The van der Waals surface area contributed by atoms with Gasteiger partial charge in [-0.05, 0) is 36.4 Å². The predicted octanol–water partition coefficient (Wildman–Crippen LogP) is 1.37. The number of benzene rings is 2. The maximum atomic E-state index is 12.8. The molecule has 0 aromatic heterocycles. The Hall–Kier alpha value is -2.80. The van der Waals surface area contributed by atoms with Crippen molar-refractivity contribution in [1.29, 1.82) is 0 Å². The van der Waals surface area contributed by atoms with Gasteiger partial charge >= 0.3 is 5.97 Å². The van der Waals surface area contributed by atoms with Crippen molar-refractivity contribution in [2.75, 3.05) is 39.3 Å². The molecule has 2 aromatic rings. The van der Waals surface area contributed by atoms with Crippen molar-refractivity contribution in [3.8, 4) is 5.75 Å². The Bertz CT molecular complexity index is 1120. The van der Waals surface area contributed by atoms with Crippen LogP contribution in [0.25, 0.3) is 0 Å². The molecule has 0 aliphatic carbocycles. The number of carbonyl (C=O) groups is 2. The Labute approximate surface area is 200 Å². The number of nitrogens with one attached hydrogen (secondary N) is 1. The van der Waals surface area contributed by atoms with E-state index in [1.165, 1.54) is 10.5 Å². The van der Waals surface area contributed by atoms with E-state index in [0.717, 1.165) is 4.47 Å². The molecule has 1 saturated heterocycles. The van der Waals surface area contributed by atoms with Gasteiger partial charge in [-0.2, -0.15) is 9.41 Å². The average molecular weight is 539 g/mol. The summed E-state index contributed by atoms with van der Waals surface area (Å²) in [4.78, 5) is 25.0. The highest BCUT2D eigenvalue weighted by Crippen LogP contribution is 2.20. The third-order valence-corrected chi connectivity index (χ3v) is 7.25. The van der Waals surface area contributed by atoms with Crippen LogP contribution in [0.5, 0.6) is 5.75 Å². The van der Waals surface area contributed by atoms with Crippen molar-refractivity contribution in [3.05, 3.63) is 58.6 Å². The number of halogens is 1. The molecule has 1 aliphatic rings. The third kappa shape index (κ3) is 7.09. The predicted molar refractivity (Wildman–Crippen MR) is 125 cm³/mol. The maximum Gasteiger partial charge on any atom is 0.341 e. The van der Waals surface area contributed by atoms with Crippen LogP contribution in [0.3, 0.4) is 0 Å². The Morgan fingerprint density at radius 2 is 1.76 bits per heavy atom. The van der Waals surface area contributed by atoms with Crippen LogP contribution in [0, 0.1) is 0 Å². The van der Waals surface area contributed by atoms with E-state index in [2.05, 4.69) is 26.5 Å². The van der Waals surface area contributed by atoms with Gasteiger partial charge in [0.1, 0.15) is 5.75 Å². The molecule has 3 rings (SSSR count).